The molecule has 0 aliphatic heterocycles. The van der Waals surface area contributed by atoms with Crippen LogP contribution in [0.3, 0.4) is 0 Å². The first-order chi connectivity index (χ1) is 9.66. The Hall–Kier alpha value is -2.03. The molecule has 0 radical (unpaired) electrons. The summed E-state index contributed by atoms with van der Waals surface area (Å²) in [5.74, 6) is 1.15. The van der Waals surface area contributed by atoms with E-state index in [-0.39, 0.29) is 11.9 Å². The zero-order valence-electron chi connectivity index (χ0n) is 11.9. The van der Waals surface area contributed by atoms with E-state index < -0.39 is 0 Å². The van der Waals surface area contributed by atoms with Crippen LogP contribution in [0.4, 0.5) is 0 Å². The average molecular weight is 269 g/mol. The summed E-state index contributed by atoms with van der Waals surface area (Å²) in [7, 11) is 1.87. The van der Waals surface area contributed by atoms with Crippen molar-refractivity contribution in [2.75, 3.05) is 7.05 Å². The summed E-state index contributed by atoms with van der Waals surface area (Å²) in [4.78, 5) is 14.3. The third-order valence-electron chi connectivity index (χ3n) is 4.08. The number of furan rings is 1. The van der Waals surface area contributed by atoms with Crippen LogP contribution in [0.2, 0.25) is 0 Å². The Bertz CT molecular complexity index is 629. The molecule has 1 aromatic heterocycles. The van der Waals surface area contributed by atoms with Crippen molar-refractivity contribution in [2.24, 2.45) is 0 Å². The van der Waals surface area contributed by atoms with E-state index in [9.17, 15) is 4.79 Å². The minimum atomic E-state index is -0.0418. The Labute approximate surface area is 119 Å². The van der Waals surface area contributed by atoms with Crippen LogP contribution < -0.4 is 0 Å². The van der Waals surface area contributed by atoms with Gasteiger partial charge in [0.2, 0.25) is 0 Å². The molecule has 1 amide bonds. The van der Waals surface area contributed by atoms with Crippen LogP contribution in [-0.4, -0.2) is 17.9 Å². The van der Waals surface area contributed by atoms with Crippen molar-refractivity contribution in [2.45, 2.75) is 32.2 Å². The molecular formula is C17H19NO2. The lowest BCUT2D eigenvalue weighted by Gasteiger charge is -2.32. The summed E-state index contributed by atoms with van der Waals surface area (Å²) in [6, 6.07) is 12.1. The van der Waals surface area contributed by atoms with Gasteiger partial charge < -0.3 is 9.32 Å². The first-order valence-electron chi connectivity index (χ1n) is 7.08. The lowest BCUT2D eigenvalue weighted by atomic mass is 9.87. The largest absolute Gasteiger partial charge is 0.456 e. The van der Waals surface area contributed by atoms with Crippen molar-refractivity contribution in [1.82, 2.24) is 4.90 Å². The van der Waals surface area contributed by atoms with Gasteiger partial charge in [0.1, 0.15) is 5.76 Å². The molecule has 20 heavy (non-hydrogen) atoms. The Kier molecular flexibility index (Phi) is 3.35. The standard InChI is InChI=1S/C17H19NO2/c1-12-10-11-16(20-12)17(19)18(2)15-9-5-7-13-6-3-4-8-14(13)15/h3-4,6,8,10-11,15H,5,7,9H2,1-2H3. The maximum Gasteiger partial charge on any atom is 0.289 e. The molecule has 3 nitrogen and oxygen atoms in total. The molecule has 0 saturated carbocycles. The van der Waals surface area contributed by atoms with Crippen molar-refractivity contribution < 1.29 is 9.21 Å². The van der Waals surface area contributed by atoms with Crippen molar-refractivity contribution in [3.05, 3.63) is 59.0 Å². The molecule has 0 saturated heterocycles. The number of benzene rings is 1. The number of hydrogen-bond acceptors (Lipinski definition) is 2. The van der Waals surface area contributed by atoms with E-state index >= 15 is 0 Å². The fourth-order valence-corrected chi connectivity index (χ4v) is 3.00. The number of nitrogens with zero attached hydrogens (tertiary/aromatic N) is 1. The van der Waals surface area contributed by atoms with Gasteiger partial charge in [-0.3, -0.25) is 4.79 Å². The molecule has 0 spiro atoms. The molecule has 3 rings (SSSR count). The van der Waals surface area contributed by atoms with E-state index in [0.29, 0.717) is 5.76 Å². The molecule has 0 N–H and O–H groups in total. The number of carbonyl (C=O) groups is 1. The second-order valence-electron chi connectivity index (χ2n) is 5.43. The summed E-state index contributed by atoms with van der Waals surface area (Å²) in [5.41, 5.74) is 2.64. The molecule has 1 unspecified atom stereocenters. The van der Waals surface area contributed by atoms with Gasteiger partial charge in [-0.25, -0.2) is 0 Å². The minimum Gasteiger partial charge on any atom is -0.456 e. The van der Waals surface area contributed by atoms with Gasteiger partial charge in [-0.05, 0) is 49.4 Å². The monoisotopic (exact) mass is 269 g/mol. The topological polar surface area (TPSA) is 33.5 Å². The van der Waals surface area contributed by atoms with Gasteiger partial charge in [0.25, 0.3) is 5.91 Å². The summed E-state index contributed by atoms with van der Waals surface area (Å²) >= 11 is 0. The van der Waals surface area contributed by atoms with E-state index in [4.69, 9.17) is 4.42 Å². The lowest BCUT2D eigenvalue weighted by Crippen LogP contribution is -2.33. The van der Waals surface area contributed by atoms with E-state index in [1.54, 1.807) is 6.07 Å². The Morgan fingerprint density at radius 1 is 1.25 bits per heavy atom. The molecule has 1 aromatic carbocycles. The predicted molar refractivity (Wildman–Crippen MR) is 77.7 cm³/mol. The highest BCUT2D eigenvalue weighted by atomic mass is 16.3. The second-order valence-corrected chi connectivity index (χ2v) is 5.43. The van der Waals surface area contributed by atoms with Gasteiger partial charge in [-0.1, -0.05) is 24.3 Å². The number of fused-ring (bicyclic) bond motifs is 1. The van der Waals surface area contributed by atoms with Crippen LogP contribution in [-0.2, 0) is 6.42 Å². The van der Waals surface area contributed by atoms with Gasteiger partial charge in [0, 0.05) is 7.05 Å². The summed E-state index contributed by atoms with van der Waals surface area (Å²) in [6.45, 7) is 1.85. The highest BCUT2D eigenvalue weighted by molar-refractivity contribution is 5.91. The van der Waals surface area contributed by atoms with Crippen LogP contribution in [0.5, 0.6) is 0 Å². The zero-order chi connectivity index (χ0) is 14.1. The third kappa shape index (κ3) is 2.24. The fourth-order valence-electron chi connectivity index (χ4n) is 3.00. The first-order valence-corrected chi connectivity index (χ1v) is 7.08. The van der Waals surface area contributed by atoms with Gasteiger partial charge in [0.05, 0.1) is 6.04 Å². The normalized spacial score (nSPS) is 17.6. The zero-order valence-corrected chi connectivity index (χ0v) is 11.9. The first kappa shape index (κ1) is 13.0. The van der Waals surface area contributed by atoms with E-state index in [1.807, 2.05) is 31.0 Å². The van der Waals surface area contributed by atoms with Gasteiger partial charge in [-0.2, -0.15) is 0 Å². The molecule has 1 atom stereocenters. The molecule has 104 valence electrons. The summed E-state index contributed by atoms with van der Waals surface area (Å²) in [6.07, 6.45) is 3.24. The van der Waals surface area contributed by atoms with Crippen molar-refractivity contribution in [3.63, 3.8) is 0 Å². The van der Waals surface area contributed by atoms with Crippen molar-refractivity contribution in [3.8, 4) is 0 Å². The Morgan fingerprint density at radius 2 is 2.05 bits per heavy atom. The van der Waals surface area contributed by atoms with Crippen LogP contribution in [0, 0.1) is 6.92 Å². The molecule has 2 aromatic rings. The number of aryl methyl sites for hydroxylation is 2. The Morgan fingerprint density at radius 3 is 2.80 bits per heavy atom. The van der Waals surface area contributed by atoms with Gasteiger partial charge in [-0.15, -0.1) is 0 Å². The van der Waals surface area contributed by atoms with E-state index in [0.717, 1.165) is 25.0 Å². The van der Waals surface area contributed by atoms with Crippen molar-refractivity contribution in [1.29, 1.82) is 0 Å². The SMILES string of the molecule is Cc1ccc(C(=O)N(C)C2CCCc3ccccc32)o1. The van der Waals surface area contributed by atoms with Gasteiger partial charge in [0.15, 0.2) is 5.76 Å². The predicted octanol–water partition coefficient (Wildman–Crippen LogP) is 3.74. The van der Waals surface area contributed by atoms with E-state index in [2.05, 4.69) is 18.2 Å². The molecule has 0 fully saturated rings. The third-order valence-corrected chi connectivity index (χ3v) is 4.08. The highest BCUT2D eigenvalue weighted by Gasteiger charge is 2.28. The summed E-state index contributed by atoms with van der Waals surface area (Å²) < 4.78 is 5.45. The van der Waals surface area contributed by atoms with Crippen LogP contribution >= 0.6 is 0 Å². The highest BCUT2D eigenvalue weighted by Crippen LogP contribution is 2.34. The lowest BCUT2D eigenvalue weighted by molar-refractivity contribution is 0.0681. The Balaban J connectivity index is 1.88. The fraction of sp³-hybridized carbons (Fsp3) is 0.353. The summed E-state index contributed by atoms with van der Waals surface area (Å²) in [5, 5.41) is 0. The molecule has 1 aliphatic carbocycles. The van der Waals surface area contributed by atoms with Gasteiger partial charge >= 0.3 is 0 Å². The van der Waals surface area contributed by atoms with E-state index in [1.165, 1.54) is 11.1 Å². The minimum absolute atomic E-state index is 0.0418. The maximum atomic E-state index is 12.5. The van der Waals surface area contributed by atoms with Crippen LogP contribution in [0.1, 0.15) is 46.3 Å². The van der Waals surface area contributed by atoms with Crippen LogP contribution in [0.25, 0.3) is 0 Å². The molecule has 3 heteroatoms. The number of hydrogen-bond donors (Lipinski definition) is 0. The molecule has 1 heterocycles. The molecule has 0 bridgehead atoms. The number of amides is 1. The van der Waals surface area contributed by atoms with Crippen LogP contribution in [0.15, 0.2) is 40.8 Å². The average Bonchev–Trinajstić information content (AvgIpc) is 2.91. The smallest absolute Gasteiger partial charge is 0.289 e. The van der Waals surface area contributed by atoms with Crippen molar-refractivity contribution >= 4 is 5.91 Å². The number of rotatable bonds is 2. The second kappa shape index (κ2) is 5.16. The maximum absolute atomic E-state index is 12.5. The quantitative estimate of drug-likeness (QED) is 0.832. The molecular weight excluding hydrogens is 250 g/mol. The number of carbonyl (C=O) groups excluding carboxylic acids is 1. The molecule has 1 aliphatic rings.